The van der Waals surface area contributed by atoms with Crippen molar-refractivity contribution >= 4 is 27.3 Å². The third-order valence-corrected chi connectivity index (χ3v) is 6.00. The maximum absolute atomic E-state index is 14.4. The third-order valence-electron chi connectivity index (χ3n) is 4.92. The van der Waals surface area contributed by atoms with E-state index in [9.17, 15) is 9.18 Å². The molecule has 4 aromatic heterocycles. The molecule has 0 saturated carbocycles. The van der Waals surface area contributed by atoms with E-state index in [0.29, 0.717) is 20.9 Å². The molecule has 1 fully saturated rings. The van der Waals surface area contributed by atoms with Crippen LogP contribution in [0.1, 0.15) is 24.6 Å². The van der Waals surface area contributed by atoms with Gasteiger partial charge in [0.25, 0.3) is 5.56 Å². The number of piperidine rings is 1. The SMILES string of the molecule is Cc1cn2cc(-c3nc4ncn(C5CCNCC5)c(=O)c4s3)cc(F)c2n1. The summed E-state index contributed by atoms with van der Waals surface area (Å²) in [6, 6.07) is 1.56. The molecule has 9 heteroatoms. The summed E-state index contributed by atoms with van der Waals surface area (Å²) in [7, 11) is 0. The Morgan fingerprint density at radius 2 is 2.07 bits per heavy atom. The second-order valence-corrected chi connectivity index (χ2v) is 7.80. The van der Waals surface area contributed by atoms with Gasteiger partial charge in [-0.3, -0.25) is 9.36 Å². The number of thiazole rings is 1. The summed E-state index contributed by atoms with van der Waals surface area (Å²) in [6.45, 7) is 3.61. The average Bonchev–Trinajstić information content (AvgIpc) is 3.26. The van der Waals surface area contributed by atoms with E-state index in [1.807, 2.05) is 6.92 Å². The first kappa shape index (κ1) is 16.5. The van der Waals surface area contributed by atoms with Crippen LogP contribution in [0.15, 0.2) is 29.6 Å². The molecule has 1 aliphatic rings. The molecular weight excluding hydrogens is 367 g/mol. The van der Waals surface area contributed by atoms with E-state index >= 15 is 0 Å². The highest BCUT2D eigenvalue weighted by Gasteiger charge is 2.20. The standard InChI is InChI=1S/C18H17FN6OS/c1-10-7-24-8-11(6-13(19)16(24)22-10)17-23-15-14(27-17)18(26)25(9-21-15)12-2-4-20-5-3-12/h6-9,12,20H,2-5H2,1H3. The van der Waals surface area contributed by atoms with Gasteiger partial charge in [0.05, 0.1) is 5.69 Å². The maximum Gasteiger partial charge on any atom is 0.273 e. The molecule has 1 N–H and O–H groups in total. The second kappa shape index (κ2) is 6.21. The molecule has 4 aromatic rings. The zero-order chi connectivity index (χ0) is 18.5. The number of aromatic nitrogens is 5. The van der Waals surface area contributed by atoms with E-state index in [1.54, 1.807) is 27.7 Å². The Morgan fingerprint density at radius 1 is 1.26 bits per heavy atom. The van der Waals surface area contributed by atoms with E-state index in [0.717, 1.165) is 31.6 Å². The number of hydrogen-bond donors (Lipinski definition) is 1. The van der Waals surface area contributed by atoms with Gasteiger partial charge in [-0.25, -0.2) is 19.3 Å². The molecule has 0 atom stereocenters. The number of nitrogens with zero attached hydrogens (tertiary/aromatic N) is 5. The van der Waals surface area contributed by atoms with Gasteiger partial charge in [0.15, 0.2) is 17.1 Å². The molecule has 1 saturated heterocycles. The molecule has 5 heterocycles. The number of hydrogen-bond acceptors (Lipinski definition) is 6. The van der Waals surface area contributed by atoms with Crippen molar-refractivity contribution in [1.29, 1.82) is 0 Å². The average molecular weight is 384 g/mol. The number of imidazole rings is 1. The minimum absolute atomic E-state index is 0.0734. The first-order chi connectivity index (χ1) is 13.1. The first-order valence-corrected chi connectivity index (χ1v) is 9.65. The molecule has 1 aliphatic heterocycles. The fraction of sp³-hybridized carbons (Fsp3) is 0.333. The van der Waals surface area contributed by atoms with Crippen LogP contribution in [0.25, 0.3) is 26.6 Å². The van der Waals surface area contributed by atoms with Crippen LogP contribution in [0, 0.1) is 12.7 Å². The molecule has 138 valence electrons. The summed E-state index contributed by atoms with van der Waals surface area (Å²) in [5.74, 6) is -0.417. The van der Waals surface area contributed by atoms with Crippen molar-refractivity contribution in [2.75, 3.05) is 13.1 Å². The summed E-state index contributed by atoms with van der Waals surface area (Å²) in [5.41, 5.74) is 1.96. The van der Waals surface area contributed by atoms with Crippen LogP contribution in [-0.4, -0.2) is 37.0 Å². The Bertz CT molecular complexity index is 1220. The largest absolute Gasteiger partial charge is 0.317 e. The van der Waals surface area contributed by atoms with Crippen molar-refractivity contribution in [3.05, 3.63) is 46.7 Å². The smallest absolute Gasteiger partial charge is 0.273 e. The number of rotatable bonds is 2. The molecule has 5 rings (SSSR count). The van der Waals surface area contributed by atoms with Crippen LogP contribution < -0.4 is 10.9 Å². The van der Waals surface area contributed by atoms with Gasteiger partial charge in [-0.2, -0.15) is 0 Å². The van der Waals surface area contributed by atoms with Crippen LogP contribution in [0.4, 0.5) is 4.39 Å². The Morgan fingerprint density at radius 3 is 2.89 bits per heavy atom. The topological polar surface area (TPSA) is 77.1 Å². The number of halogens is 1. The fourth-order valence-electron chi connectivity index (χ4n) is 3.59. The fourth-order valence-corrected chi connectivity index (χ4v) is 4.53. The van der Waals surface area contributed by atoms with Crippen LogP contribution in [0.2, 0.25) is 0 Å². The lowest BCUT2D eigenvalue weighted by Crippen LogP contribution is -2.34. The van der Waals surface area contributed by atoms with E-state index in [4.69, 9.17) is 0 Å². The molecule has 0 unspecified atom stereocenters. The van der Waals surface area contributed by atoms with Crippen LogP contribution in [0.5, 0.6) is 0 Å². The lowest BCUT2D eigenvalue weighted by Gasteiger charge is -2.24. The Hall–Kier alpha value is -2.65. The highest BCUT2D eigenvalue weighted by Crippen LogP contribution is 2.29. The molecule has 27 heavy (non-hydrogen) atoms. The molecule has 0 radical (unpaired) electrons. The first-order valence-electron chi connectivity index (χ1n) is 8.84. The quantitative estimate of drug-likeness (QED) is 0.575. The second-order valence-electron chi connectivity index (χ2n) is 6.80. The summed E-state index contributed by atoms with van der Waals surface area (Å²) in [5, 5.41) is 3.87. The normalized spacial score (nSPS) is 15.8. The summed E-state index contributed by atoms with van der Waals surface area (Å²) in [6.07, 6.45) is 6.94. The predicted octanol–water partition coefficient (Wildman–Crippen LogP) is 2.54. The van der Waals surface area contributed by atoms with Gasteiger partial charge in [0.2, 0.25) is 0 Å². The Kier molecular flexibility index (Phi) is 3.80. The lowest BCUT2D eigenvalue weighted by atomic mass is 10.1. The van der Waals surface area contributed by atoms with Gasteiger partial charge < -0.3 is 9.72 Å². The van der Waals surface area contributed by atoms with E-state index in [2.05, 4.69) is 20.3 Å². The number of pyridine rings is 1. The monoisotopic (exact) mass is 384 g/mol. The molecule has 7 nitrogen and oxygen atoms in total. The highest BCUT2D eigenvalue weighted by molar-refractivity contribution is 7.21. The zero-order valence-electron chi connectivity index (χ0n) is 14.6. The lowest BCUT2D eigenvalue weighted by molar-refractivity contribution is 0.359. The maximum atomic E-state index is 14.4. The van der Waals surface area contributed by atoms with Crippen LogP contribution in [-0.2, 0) is 0 Å². The number of nitrogens with one attached hydrogen (secondary N) is 1. The summed E-state index contributed by atoms with van der Waals surface area (Å²) in [4.78, 5) is 26.0. The molecule has 0 aliphatic carbocycles. The van der Waals surface area contributed by atoms with Gasteiger partial charge >= 0.3 is 0 Å². The number of fused-ring (bicyclic) bond motifs is 2. The van der Waals surface area contributed by atoms with Gasteiger partial charge in [-0.15, -0.1) is 11.3 Å². The van der Waals surface area contributed by atoms with Gasteiger partial charge in [0.1, 0.15) is 16.0 Å². The van der Waals surface area contributed by atoms with E-state index < -0.39 is 5.82 Å². The van der Waals surface area contributed by atoms with Crippen LogP contribution >= 0.6 is 11.3 Å². The summed E-state index contributed by atoms with van der Waals surface area (Å²) < 4.78 is 18.3. The van der Waals surface area contributed by atoms with Crippen molar-refractivity contribution in [2.24, 2.45) is 0 Å². The van der Waals surface area contributed by atoms with Crippen molar-refractivity contribution < 1.29 is 4.39 Å². The van der Waals surface area contributed by atoms with E-state index in [-0.39, 0.29) is 17.2 Å². The van der Waals surface area contributed by atoms with Gasteiger partial charge in [-0.05, 0) is 38.9 Å². The third kappa shape index (κ3) is 2.74. The predicted molar refractivity (Wildman–Crippen MR) is 102 cm³/mol. The Labute approximate surface area is 157 Å². The molecule has 0 spiro atoms. The molecule has 0 bridgehead atoms. The van der Waals surface area contributed by atoms with Gasteiger partial charge in [0, 0.05) is 24.0 Å². The van der Waals surface area contributed by atoms with E-state index in [1.165, 1.54) is 17.4 Å². The summed E-state index contributed by atoms with van der Waals surface area (Å²) >= 11 is 1.26. The van der Waals surface area contributed by atoms with Crippen molar-refractivity contribution in [3.8, 4) is 10.6 Å². The minimum atomic E-state index is -0.417. The molecule has 0 aromatic carbocycles. The molecule has 0 amide bonds. The molecular formula is C18H17FN6OS. The van der Waals surface area contributed by atoms with Crippen molar-refractivity contribution in [2.45, 2.75) is 25.8 Å². The van der Waals surface area contributed by atoms with Crippen molar-refractivity contribution in [3.63, 3.8) is 0 Å². The van der Waals surface area contributed by atoms with Gasteiger partial charge in [-0.1, -0.05) is 0 Å². The Balaban J connectivity index is 1.62. The number of aryl methyl sites for hydroxylation is 1. The van der Waals surface area contributed by atoms with Crippen LogP contribution in [0.3, 0.4) is 0 Å². The zero-order valence-corrected chi connectivity index (χ0v) is 15.5. The minimum Gasteiger partial charge on any atom is -0.317 e. The highest BCUT2D eigenvalue weighted by atomic mass is 32.1. The van der Waals surface area contributed by atoms with Crippen molar-refractivity contribution in [1.82, 2.24) is 29.2 Å².